The second-order valence-corrected chi connectivity index (χ2v) is 8.36. The van der Waals surface area contributed by atoms with E-state index in [4.69, 9.17) is 9.26 Å². The molecule has 0 bridgehead atoms. The molecule has 36 heavy (non-hydrogen) atoms. The Morgan fingerprint density at radius 3 is 2.83 bits per heavy atom. The Hall–Kier alpha value is -4.73. The number of hydrogen-bond donors (Lipinski definition) is 3. The molecular weight excluding hydrogens is 458 g/mol. The highest BCUT2D eigenvalue weighted by Gasteiger charge is 2.23. The molecule has 182 valence electrons. The minimum absolute atomic E-state index is 0.206. The molecule has 3 aromatic heterocycles. The Morgan fingerprint density at radius 1 is 1.25 bits per heavy atom. The van der Waals surface area contributed by atoms with Crippen molar-refractivity contribution >= 4 is 40.4 Å². The Kier molecular flexibility index (Phi) is 6.57. The van der Waals surface area contributed by atoms with Crippen molar-refractivity contribution in [3.05, 3.63) is 67.2 Å². The second-order valence-electron chi connectivity index (χ2n) is 8.36. The van der Waals surface area contributed by atoms with Gasteiger partial charge in [0.25, 0.3) is 0 Å². The molecule has 3 heterocycles. The number of amides is 2. The van der Waals surface area contributed by atoms with E-state index in [1.165, 1.54) is 19.2 Å². The number of aromatic nitrogens is 4. The van der Waals surface area contributed by atoms with E-state index in [-0.39, 0.29) is 5.88 Å². The van der Waals surface area contributed by atoms with Gasteiger partial charge in [-0.05, 0) is 42.5 Å². The molecule has 10 nitrogen and oxygen atoms in total. The van der Waals surface area contributed by atoms with Crippen molar-refractivity contribution in [2.45, 2.75) is 12.8 Å². The lowest BCUT2D eigenvalue weighted by atomic mass is 10.1. The Bertz CT molecular complexity index is 1450. The van der Waals surface area contributed by atoms with Gasteiger partial charge >= 0.3 is 6.03 Å². The highest BCUT2D eigenvalue weighted by atomic mass is 16.5. The van der Waals surface area contributed by atoms with Crippen LogP contribution in [-0.4, -0.2) is 46.0 Å². The summed E-state index contributed by atoms with van der Waals surface area (Å²) >= 11 is 0. The van der Waals surface area contributed by atoms with E-state index in [0.29, 0.717) is 35.4 Å². The molecule has 1 saturated carbocycles. The van der Waals surface area contributed by atoms with Crippen LogP contribution in [-0.2, 0) is 0 Å². The molecule has 10 heteroatoms. The normalized spacial score (nSPS) is 13.8. The first-order chi connectivity index (χ1) is 17.6. The average Bonchev–Trinajstić information content (AvgIpc) is 3.41. The van der Waals surface area contributed by atoms with E-state index < -0.39 is 6.03 Å². The maximum atomic E-state index is 12.4. The number of aromatic amines is 1. The van der Waals surface area contributed by atoms with Crippen molar-refractivity contribution in [1.29, 1.82) is 0 Å². The van der Waals surface area contributed by atoms with Crippen LogP contribution >= 0.6 is 0 Å². The quantitative estimate of drug-likeness (QED) is 0.218. The first-order valence-electron chi connectivity index (χ1n) is 11.5. The molecule has 1 aliphatic carbocycles. The fraction of sp³-hybridized carbons (Fsp3) is 0.192. The van der Waals surface area contributed by atoms with Gasteiger partial charge in [-0.25, -0.2) is 14.8 Å². The number of rotatable bonds is 9. The fourth-order valence-electron chi connectivity index (χ4n) is 3.61. The predicted octanol–water partition coefficient (Wildman–Crippen LogP) is 5.32. The van der Waals surface area contributed by atoms with Crippen LogP contribution in [0.4, 0.5) is 16.4 Å². The number of benzene rings is 1. The van der Waals surface area contributed by atoms with Crippen molar-refractivity contribution in [2.24, 2.45) is 10.9 Å². The van der Waals surface area contributed by atoms with Gasteiger partial charge < -0.3 is 19.6 Å². The van der Waals surface area contributed by atoms with Gasteiger partial charge in [-0.15, -0.1) is 0 Å². The van der Waals surface area contributed by atoms with Crippen LogP contribution in [0.15, 0.2) is 71.0 Å². The molecule has 1 aliphatic rings. The third-order valence-corrected chi connectivity index (χ3v) is 5.60. The predicted molar refractivity (Wildman–Crippen MR) is 139 cm³/mol. The monoisotopic (exact) mass is 483 g/mol. The van der Waals surface area contributed by atoms with Gasteiger partial charge in [-0.2, -0.15) is 0 Å². The van der Waals surface area contributed by atoms with Crippen LogP contribution in [0.3, 0.4) is 0 Å². The number of ether oxygens (including phenoxy) is 1. The summed E-state index contributed by atoms with van der Waals surface area (Å²) in [4.78, 5) is 28.3. The third-order valence-electron chi connectivity index (χ3n) is 5.60. The van der Waals surface area contributed by atoms with E-state index in [9.17, 15) is 4.79 Å². The molecule has 0 saturated heterocycles. The van der Waals surface area contributed by atoms with Crippen molar-refractivity contribution < 1.29 is 14.1 Å². The summed E-state index contributed by atoms with van der Waals surface area (Å²) < 4.78 is 11.1. The lowest BCUT2D eigenvalue weighted by Crippen LogP contribution is -2.18. The third kappa shape index (κ3) is 5.33. The molecule has 1 aromatic carbocycles. The number of H-pyrrole nitrogens is 1. The van der Waals surface area contributed by atoms with Crippen LogP contribution in [0.25, 0.3) is 27.9 Å². The van der Waals surface area contributed by atoms with Crippen molar-refractivity contribution in [2.75, 3.05) is 24.3 Å². The number of nitrogens with one attached hydrogen (secondary N) is 3. The number of nitrogens with zero attached hydrogens (tertiary/aromatic N) is 4. The minimum atomic E-state index is -0.456. The molecule has 0 unspecified atom stereocenters. The zero-order valence-corrected chi connectivity index (χ0v) is 19.7. The molecule has 5 rings (SSSR count). The number of carbonyl (C=O) groups excluding carboxylic acids is 1. The summed E-state index contributed by atoms with van der Waals surface area (Å²) in [5.41, 5.74) is 4.40. The fourth-order valence-corrected chi connectivity index (χ4v) is 3.61. The number of aliphatic imine (C=N–C) groups is 1. The molecule has 2 amide bonds. The lowest BCUT2D eigenvalue weighted by molar-refractivity contribution is 0.261. The zero-order chi connectivity index (χ0) is 24.9. The number of fused-ring (bicyclic) bond motifs is 1. The van der Waals surface area contributed by atoms with Gasteiger partial charge in [-0.1, -0.05) is 36.0 Å². The molecular formula is C26H25N7O3. The van der Waals surface area contributed by atoms with Gasteiger partial charge in [-0.3, -0.25) is 10.3 Å². The van der Waals surface area contributed by atoms with Crippen molar-refractivity contribution in [1.82, 2.24) is 20.1 Å². The molecule has 0 aliphatic heterocycles. The summed E-state index contributed by atoms with van der Waals surface area (Å²) in [5.74, 6) is 1.44. The Labute approximate surface area is 207 Å². The molecule has 0 atom stereocenters. The van der Waals surface area contributed by atoms with Gasteiger partial charge in [0.05, 0.1) is 12.0 Å². The highest BCUT2D eigenvalue weighted by Crippen LogP contribution is 2.32. The summed E-state index contributed by atoms with van der Waals surface area (Å²) in [6, 6.07) is 10.6. The first kappa shape index (κ1) is 23.0. The Morgan fingerprint density at radius 2 is 2.08 bits per heavy atom. The number of urea groups is 1. The maximum absolute atomic E-state index is 12.4. The van der Waals surface area contributed by atoms with Gasteiger partial charge in [0.15, 0.2) is 0 Å². The molecule has 3 N–H and O–H groups in total. The number of anilines is 2. The van der Waals surface area contributed by atoms with Gasteiger partial charge in [0, 0.05) is 36.3 Å². The molecule has 0 radical (unpaired) electrons. The van der Waals surface area contributed by atoms with Crippen LogP contribution < -0.4 is 15.4 Å². The largest absolute Gasteiger partial charge is 0.477 e. The van der Waals surface area contributed by atoms with Crippen molar-refractivity contribution in [3.8, 4) is 17.1 Å². The maximum Gasteiger partial charge on any atom is 0.326 e. The van der Waals surface area contributed by atoms with Gasteiger partial charge in [0.1, 0.15) is 17.7 Å². The summed E-state index contributed by atoms with van der Waals surface area (Å²) in [5, 5.41) is 10.2. The van der Waals surface area contributed by atoms with Crippen LogP contribution in [0, 0.1) is 5.92 Å². The van der Waals surface area contributed by atoms with Crippen LogP contribution in [0.1, 0.15) is 18.5 Å². The molecule has 1 fully saturated rings. The van der Waals surface area contributed by atoms with Crippen molar-refractivity contribution in [3.63, 3.8) is 0 Å². The van der Waals surface area contributed by atoms with Gasteiger partial charge in [0.2, 0.25) is 11.8 Å². The number of hydrogen-bond acceptors (Lipinski definition) is 7. The van der Waals surface area contributed by atoms with Crippen LogP contribution in [0.2, 0.25) is 0 Å². The summed E-state index contributed by atoms with van der Waals surface area (Å²) in [7, 11) is 1.66. The first-order valence-corrected chi connectivity index (χ1v) is 11.5. The average molecular weight is 484 g/mol. The SMILES string of the molecule is C=C/C=C(\C=NC)c1cc(NC(=O)Nc2ccc(-c3cc4c(OCC5CC5)ncnc4[nH]3)cc2)on1. The smallest absolute Gasteiger partial charge is 0.326 e. The highest BCUT2D eigenvalue weighted by molar-refractivity contribution is 6.09. The summed E-state index contributed by atoms with van der Waals surface area (Å²) in [6.45, 7) is 4.36. The molecule has 4 aromatic rings. The lowest BCUT2D eigenvalue weighted by Gasteiger charge is -2.06. The van der Waals surface area contributed by atoms with E-state index in [1.807, 2.05) is 30.3 Å². The topological polar surface area (TPSA) is 130 Å². The van der Waals surface area contributed by atoms with E-state index >= 15 is 0 Å². The zero-order valence-electron chi connectivity index (χ0n) is 19.7. The number of allylic oxidation sites excluding steroid dienone is 3. The van der Waals surface area contributed by atoms with E-state index in [2.05, 4.69) is 42.3 Å². The van der Waals surface area contributed by atoms with E-state index in [1.54, 1.807) is 31.5 Å². The second kappa shape index (κ2) is 10.3. The standard InChI is InChI=1S/C26H25N7O3/c1-3-4-18(13-27-2)22-12-23(36-33-22)32-26(34)30-19-9-7-17(8-10-19)21-11-20-24(31-21)28-15-29-25(20)35-14-16-5-6-16/h3-4,7-13,15-16H,1,5-6,14H2,2H3,(H,28,29,31)(H2,30,32,34)/b18-4+,27-13?. The van der Waals surface area contributed by atoms with Crippen LogP contribution in [0.5, 0.6) is 5.88 Å². The Balaban J connectivity index is 1.23. The molecule has 0 spiro atoms. The minimum Gasteiger partial charge on any atom is -0.477 e. The van der Waals surface area contributed by atoms with E-state index in [0.717, 1.165) is 22.3 Å². The summed E-state index contributed by atoms with van der Waals surface area (Å²) in [6.07, 6.45) is 8.94. The number of carbonyl (C=O) groups is 1.